The Morgan fingerprint density at radius 1 is 1.36 bits per heavy atom. The van der Waals surface area contributed by atoms with Crippen LogP contribution in [-0.2, 0) is 14.1 Å². The molecule has 126 valence electrons. The summed E-state index contributed by atoms with van der Waals surface area (Å²) in [5, 5.41) is 18.4. The number of phosphoric acid groups is 1. The summed E-state index contributed by atoms with van der Waals surface area (Å²) in [5.41, 5.74) is 5.23. The van der Waals surface area contributed by atoms with Crippen LogP contribution in [0.15, 0.2) is 4.99 Å². The lowest BCUT2D eigenvalue weighted by Crippen LogP contribution is -2.49. The predicted octanol–water partition coefficient (Wildman–Crippen LogP) is -3.11. The number of carbonyl (C=O) groups excluding carboxylic acids is 2. The first kappa shape index (κ1) is 18.6. The largest absolute Gasteiger partial charge is 0.466 e. The first-order valence-electron chi connectivity index (χ1n) is 5.93. The fourth-order valence-electron chi connectivity index (χ4n) is 1.83. The minimum absolute atomic E-state index is 0.139. The number of ketones is 1. The standard InChI is InChI=1S/C9H13N3O5.H3O4P/c10-8-5(15)2-12(9(16)11-8)7-1-4(14)6(3-13)17-7;1-5(2,3)4/h4,6-7,13-14H,1-3H2,(H2,10,11,16);(H3,1,2,3,4)/t4-,6+,7+;/m0./s1. The molecule has 13 heteroatoms. The van der Waals surface area contributed by atoms with E-state index in [0.717, 1.165) is 4.90 Å². The Labute approximate surface area is 124 Å². The van der Waals surface area contributed by atoms with Crippen LogP contribution in [0.25, 0.3) is 0 Å². The lowest BCUT2D eigenvalue weighted by Gasteiger charge is -2.28. The van der Waals surface area contributed by atoms with Crippen LogP contribution >= 0.6 is 7.82 Å². The molecule has 0 unspecified atom stereocenters. The number of carbonyl (C=O) groups is 2. The molecule has 0 aromatic rings. The minimum Gasteiger partial charge on any atom is -0.394 e. The number of hydrogen-bond acceptors (Lipinski definition) is 7. The van der Waals surface area contributed by atoms with Crippen molar-refractivity contribution in [2.24, 2.45) is 10.7 Å². The van der Waals surface area contributed by atoms with Crippen molar-refractivity contribution in [1.29, 1.82) is 0 Å². The van der Waals surface area contributed by atoms with E-state index in [2.05, 4.69) is 4.99 Å². The van der Waals surface area contributed by atoms with Gasteiger partial charge in [0.1, 0.15) is 12.3 Å². The highest BCUT2D eigenvalue weighted by molar-refractivity contribution is 7.45. The van der Waals surface area contributed by atoms with Crippen LogP contribution in [0.2, 0.25) is 0 Å². The molecule has 3 atom stereocenters. The molecule has 1 fully saturated rings. The van der Waals surface area contributed by atoms with Crippen molar-refractivity contribution in [2.75, 3.05) is 13.2 Å². The summed E-state index contributed by atoms with van der Waals surface area (Å²) in [6.07, 6.45) is -2.22. The van der Waals surface area contributed by atoms with Crippen LogP contribution < -0.4 is 5.73 Å². The average Bonchev–Trinajstić information content (AvgIpc) is 2.73. The van der Waals surface area contributed by atoms with Gasteiger partial charge in [-0.2, -0.15) is 4.99 Å². The number of nitrogens with zero attached hydrogens (tertiary/aromatic N) is 2. The van der Waals surface area contributed by atoms with Crippen LogP contribution in [0.1, 0.15) is 6.42 Å². The quantitative estimate of drug-likeness (QED) is 0.279. The van der Waals surface area contributed by atoms with Crippen molar-refractivity contribution in [3.63, 3.8) is 0 Å². The molecule has 12 nitrogen and oxygen atoms in total. The van der Waals surface area contributed by atoms with E-state index in [4.69, 9.17) is 34.8 Å². The summed E-state index contributed by atoms with van der Waals surface area (Å²) >= 11 is 0. The Bertz CT molecular complexity index is 510. The van der Waals surface area contributed by atoms with Crippen molar-refractivity contribution in [3.05, 3.63) is 0 Å². The highest BCUT2D eigenvalue weighted by Gasteiger charge is 2.41. The van der Waals surface area contributed by atoms with E-state index in [0.29, 0.717) is 0 Å². The third kappa shape index (κ3) is 5.42. The number of Topliss-reactive ketones (excluding diaryl/α,β-unsaturated/α-hetero) is 1. The summed E-state index contributed by atoms with van der Waals surface area (Å²) in [4.78, 5) is 48.9. The van der Waals surface area contributed by atoms with Crippen LogP contribution in [0.4, 0.5) is 4.79 Å². The summed E-state index contributed by atoms with van der Waals surface area (Å²) in [7, 11) is -4.64. The van der Waals surface area contributed by atoms with Crippen LogP contribution in [0.3, 0.4) is 0 Å². The minimum atomic E-state index is -4.64. The van der Waals surface area contributed by atoms with Gasteiger partial charge in [0.25, 0.3) is 0 Å². The molecule has 0 aromatic carbocycles. The van der Waals surface area contributed by atoms with Gasteiger partial charge in [0.15, 0.2) is 5.84 Å². The number of amidine groups is 1. The normalized spacial score (nSPS) is 29.0. The third-order valence-electron chi connectivity index (χ3n) is 2.79. The van der Waals surface area contributed by atoms with E-state index >= 15 is 0 Å². The van der Waals surface area contributed by atoms with Crippen molar-refractivity contribution in [2.45, 2.75) is 24.9 Å². The first-order valence-corrected chi connectivity index (χ1v) is 7.50. The van der Waals surface area contributed by atoms with E-state index < -0.39 is 38.1 Å². The zero-order valence-electron chi connectivity index (χ0n) is 11.1. The monoisotopic (exact) mass is 341 g/mol. The molecular formula is C9H16N3O9P. The van der Waals surface area contributed by atoms with Crippen molar-refractivity contribution < 1.29 is 43.8 Å². The highest BCUT2D eigenvalue weighted by Crippen LogP contribution is 2.26. The van der Waals surface area contributed by atoms with Gasteiger partial charge in [-0.15, -0.1) is 0 Å². The number of aliphatic hydroxyl groups excluding tert-OH is 2. The molecule has 0 spiro atoms. The lowest BCUT2D eigenvalue weighted by atomic mass is 10.2. The molecule has 0 radical (unpaired) electrons. The number of amides is 2. The molecule has 0 saturated carbocycles. The van der Waals surface area contributed by atoms with Crippen molar-refractivity contribution in [3.8, 4) is 0 Å². The second kappa shape index (κ2) is 7.24. The van der Waals surface area contributed by atoms with E-state index in [1.54, 1.807) is 0 Å². The van der Waals surface area contributed by atoms with Gasteiger partial charge in [-0.25, -0.2) is 9.36 Å². The molecular weight excluding hydrogens is 325 g/mol. The molecule has 2 rings (SSSR count). The number of rotatable bonds is 2. The predicted molar refractivity (Wildman–Crippen MR) is 69.4 cm³/mol. The fourth-order valence-corrected chi connectivity index (χ4v) is 1.83. The molecule has 7 N–H and O–H groups in total. The maximum absolute atomic E-state index is 11.5. The van der Waals surface area contributed by atoms with Gasteiger partial charge >= 0.3 is 13.9 Å². The zero-order chi connectivity index (χ0) is 17.1. The maximum atomic E-state index is 11.5. The Morgan fingerprint density at radius 2 is 1.91 bits per heavy atom. The second-order valence-electron chi connectivity index (χ2n) is 4.46. The van der Waals surface area contributed by atoms with Gasteiger partial charge in [-0.05, 0) is 0 Å². The smallest absolute Gasteiger partial charge is 0.394 e. The average molecular weight is 341 g/mol. The molecule has 0 aliphatic carbocycles. The fraction of sp³-hybridized carbons (Fsp3) is 0.667. The second-order valence-corrected chi connectivity index (χ2v) is 5.49. The summed E-state index contributed by atoms with van der Waals surface area (Å²) in [6.45, 7) is -0.567. The summed E-state index contributed by atoms with van der Waals surface area (Å²) in [5.74, 6) is -0.779. The Hall–Kier alpha value is -1.40. The van der Waals surface area contributed by atoms with Gasteiger partial charge in [-0.3, -0.25) is 9.69 Å². The SMILES string of the molecule is NC1=NC(=O)N([C@H]2C[C@H](O)[C@@H](CO)O2)CC1=O.O=P(O)(O)O. The lowest BCUT2D eigenvalue weighted by molar-refractivity contribution is -0.118. The summed E-state index contributed by atoms with van der Waals surface area (Å²) in [6, 6.07) is -0.669. The molecule has 2 amide bonds. The van der Waals surface area contributed by atoms with Crippen LogP contribution in [-0.4, -0.2) is 79.0 Å². The van der Waals surface area contributed by atoms with Gasteiger partial charge in [-0.1, -0.05) is 0 Å². The van der Waals surface area contributed by atoms with Gasteiger partial charge in [0, 0.05) is 6.42 Å². The molecule has 1 saturated heterocycles. The highest BCUT2D eigenvalue weighted by atomic mass is 31.2. The number of urea groups is 1. The molecule has 2 aliphatic rings. The van der Waals surface area contributed by atoms with Crippen molar-refractivity contribution in [1.82, 2.24) is 4.90 Å². The Balaban J connectivity index is 0.000000422. The van der Waals surface area contributed by atoms with Gasteiger partial charge in [0.2, 0.25) is 5.78 Å². The van der Waals surface area contributed by atoms with E-state index in [9.17, 15) is 14.7 Å². The third-order valence-corrected chi connectivity index (χ3v) is 2.79. The number of aliphatic imine (C=N–C) groups is 1. The molecule has 2 aliphatic heterocycles. The number of aliphatic hydroxyl groups is 2. The molecule has 2 heterocycles. The van der Waals surface area contributed by atoms with E-state index in [1.165, 1.54) is 0 Å². The summed E-state index contributed by atoms with van der Waals surface area (Å²) < 4.78 is 14.1. The first-order chi connectivity index (χ1) is 10.0. The molecule has 0 aromatic heterocycles. The molecule has 0 bridgehead atoms. The maximum Gasteiger partial charge on any atom is 0.466 e. The zero-order valence-corrected chi connectivity index (χ0v) is 12.0. The Morgan fingerprint density at radius 3 is 2.36 bits per heavy atom. The van der Waals surface area contributed by atoms with E-state index in [1.807, 2.05) is 0 Å². The van der Waals surface area contributed by atoms with Crippen LogP contribution in [0, 0.1) is 0 Å². The topological polar surface area (TPSA) is 203 Å². The van der Waals surface area contributed by atoms with Crippen molar-refractivity contribution >= 4 is 25.5 Å². The number of ether oxygens (including phenoxy) is 1. The van der Waals surface area contributed by atoms with E-state index in [-0.39, 0.29) is 25.4 Å². The number of nitrogens with two attached hydrogens (primary N) is 1. The number of hydrogen-bond donors (Lipinski definition) is 6. The molecule has 22 heavy (non-hydrogen) atoms. The Kier molecular flexibility index (Phi) is 6.14. The van der Waals surface area contributed by atoms with Crippen LogP contribution in [0.5, 0.6) is 0 Å². The van der Waals surface area contributed by atoms with Gasteiger partial charge < -0.3 is 35.4 Å². The van der Waals surface area contributed by atoms with Gasteiger partial charge in [0.05, 0.1) is 19.3 Å².